The molecule has 0 amide bonds. The second-order valence-corrected chi connectivity index (χ2v) is 3.29. The fourth-order valence-corrected chi connectivity index (χ4v) is 0.850. The zero-order valence-corrected chi connectivity index (χ0v) is 3.87. The summed E-state index contributed by atoms with van der Waals surface area (Å²) in [6.07, 6.45) is 0. The summed E-state index contributed by atoms with van der Waals surface area (Å²) in [6, 6.07) is 0. The zero-order chi connectivity index (χ0) is 3.70. The Labute approximate surface area is 31.9 Å². The third-order valence-corrected chi connectivity index (χ3v) is 1.72. The first-order valence-corrected chi connectivity index (χ1v) is 3.57. The largest absolute Gasteiger partial charge is 0.309 e. The summed E-state index contributed by atoms with van der Waals surface area (Å²) >= 11 is 0. The van der Waals surface area contributed by atoms with Gasteiger partial charge in [-0.1, -0.05) is 11.4 Å². The lowest BCUT2D eigenvalue weighted by Crippen LogP contribution is -1.87. The molecule has 1 nitrogen and oxygen atoms in total. The van der Waals surface area contributed by atoms with E-state index in [9.17, 15) is 4.79 Å². The second kappa shape index (κ2) is 0.790. The summed E-state index contributed by atoms with van der Waals surface area (Å²) in [5.74, 6) is 1.06. The topological polar surface area (TPSA) is 17.1 Å². The van der Waals surface area contributed by atoms with Gasteiger partial charge in [-0.3, -0.25) is 0 Å². The molecule has 1 aliphatic heterocycles. The van der Waals surface area contributed by atoms with Gasteiger partial charge in [-0.15, -0.1) is 0 Å². The van der Waals surface area contributed by atoms with Crippen molar-refractivity contribution in [3.05, 3.63) is 11.4 Å². The number of hydrogen-bond acceptors (Lipinski definition) is 1. The maximum Gasteiger partial charge on any atom is 0.158 e. The lowest BCUT2D eigenvalue weighted by molar-refractivity contribution is 0.568. The molecule has 0 aliphatic carbocycles. The molecule has 0 radical (unpaired) electrons. The number of hydrogen-bond donors (Lipinski definition) is 0. The predicted molar refractivity (Wildman–Crippen MR) is 23.0 cm³/mol. The van der Waals surface area contributed by atoms with Crippen molar-refractivity contribution < 1.29 is 4.79 Å². The van der Waals surface area contributed by atoms with Crippen LogP contribution in [-0.4, -0.2) is 14.7 Å². The Balaban J connectivity index is 2.28. The number of carbonyl (C=O) groups excluding carboxylic acids is 1. The standard InChI is InChI=1S/C3H4OSi/c4-3-5-1-2-5/h1-3,5H. The minimum atomic E-state index is -0.830. The molecule has 1 heterocycles. The molecular formula is C3H4OSi. The van der Waals surface area contributed by atoms with Gasteiger partial charge in [0.05, 0.1) is 0 Å². The SMILES string of the molecule is O=C[SiH]1C=C1. The molecule has 0 spiro atoms. The summed E-state index contributed by atoms with van der Waals surface area (Å²) in [5, 5.41) is 0. The Bertz CT molecular complexity index is 71.0. The molecule has 0 aromatic rings. The monoisotopic (exact) mass is 84.0 g/mol. The van der Waals surface area contributed by atoms with Crippen molar-refractivity contribution >= 4 is 14.7 Å². The highest BCUT2D eigenvalue weighted by Gasteiger charge is 2.08. The van der Waals surface area contributed by atoms with Crippen LogP contribution in [0.15, 0.2) is 11.4 Å². The normalized spacial score (nSPS) is 19.2. The van der Waals surface area contributed by atoms with Gasteiger partial charge < -0.3 is 4.79 Å². The Morgan fingerprint density at radius 2 is 2.20 bits per heavy atom. The van der Waals surface area contributed by atoms with E-state index in [-0.39, 0.29) is 0 Å². The first-order valence-electron chi connectivity index (χ1n) is 1.57. The highest BCUT2D eigenvalue weighted by Crippen LogP contribution is 1.95. The maximum absolute atomic E-state index is 9.57. The van der Waals surface area contributed by atoms with Crippen molar-refractivity contribution in [3.63, 3.8) is 0 Å². The summed E-state index contributed by atoms with van der Waals surface area (Å²) in [6.45, 7) is 0. The average Bonchev–Trinajstić information content (AvgIpc) is 2.12. The number of rotatable bonds is 1. The molecule has 0 unspecified atom stereocenters. The van der Waals surface area contributed by atoms with E-state index in [4.69, 9.17) is 0 Å². The van der Waals surface area contributed by atoms with Gasteiger partial charge in [-0.2, -0.15) is 0 Å². The second-order valence-electron chi connectivity index (χ2n) is 1.10. The van der Waals surface area contributed by atoms with Gasteiger partial charge >= 0.3 is 0 Å². The molecule has 5 heavy (non-hydrogen) atoms. The first kappa shape index (κ1) is 2.84. The van der Waals surface area contributed by atoms with Gasteiger partial charge in [0.25, 0.3) is 0 Å². The van der Waals surface area contributed by atoms with Crippen LogP contribution < -0.4 is 0 Å². The van der Waals surface area contributed by atoms with Gasteiger partial charge in [0.15, 0.2) is 8.80 Å². The van der Waals surface area contributed by atoms with E-state index >= 15 is 0 Å². The molecule has 0 fully saturated rings. The van der Waals surface area contributed by atoms with E-state index in [1.165, 1.54) is 0 Å². The summed E-state index contributed by atoms with van der Waals surface area (Å²) in [4.78, 5) is 9.57. The third-order valence-electron chi connectivity index (χ3n) is 0.572. The van der Waals surface area contributed by atoms with Crippen LogP contribution in [0.4, 0.5) is 0 Å². The Kier molecular flexibility index (Phi) is 0.449. The fraction of sp³-hybridized carbons (Fsp3) is 0. The van der Waals surface area contributed by atoms with Crippen LogP contribution in [0.3, 0.4) is 0 Å². The molecule has 0 saturated heterocycles. The Morgan fingerprint density at radius 3 is 2.20 bits per heavy atom. The molecule has 0 aromatic carbocycles. The summed E-state index contributed by atoms with van der Waals surface area (Å²) in [7, 11) is -0.830. The Hall–Kier alpha value is -0.373. The summed E-state index contributed by atoms with van der Waals surface area (Å²) in [5.41, 5.74) is 3.99. The third kappa shape index (κ3) is 0.448. The summed E-state index contributed by atoms with van der Waals surface area (Å²) < 4.78 is 0. The van der Waals surface area contributed by atoms with Crippen LogP contribution in [0.5, 0.6) is 0 Å². The molecule has 0 atom stereocenters. The van der Waals surface area contributed by atoms with Crippen LogP contribution in [0.1, 0.15) is 0 Å². The predicted octanol–water partition coefficient (Wildman–Crippen LogP) is -0.366. The Morgan fingerprint density at radius 1 is 1.60 bits per heavy atom. The molecule has 0 bridgehead atoms. The van der Waals surface area contributed by atoms with Crippen molar-refractivity contribution in [1.29, 1.82) is 0 Å². The quantitative estimate of drug-likeness (QED) is 0.313. The van der Waals surface area contributed by atoms with Crippen LogP contribution in [-0.2, 0) is 4.79 Å². The molecular weight excluding hydrogens is 80.1 g/mol. The first-order chi connectivity index (χ1) is 2.43. The van der Waals surface area contributed by atoms with Gasteiger partial charge in [-0.05, 0) is 0 Å². The minimum Gasteiger partial charge on any atom is -0.309 e. The molecule has 26 valence electrons. The van der Waals surface area contributed by atoms with Gasteiger partial charge in [0, 0.05) is 0 Å². The van der Waals surface area contributed by atoms with Crippen LogP contribution in [0.2, 0.25) is 0 Å². The van der Waals surface area contributed by atoms with E-state index in [0.717, 1.165) is 5.91 Å². The van der Waals surface area contributed by atoms with Gasteiger partial charge in [0.2, 0.25) is 0 Å². The molecule has 0 aromatic heterocycles. The highest BCUT2D eigenvalue weighted by molar-refractivity contribution is 7.00. The fourth-order valence-electron chi connectivity index (χ4n) is 0.155. The molecule has 0 saturated carbocycles. The molecule has 1 rings (SSSR count). The lowest BCUT2D eigenvalue weighted by Gasteiger charge is -1.56. The van der Waals surface area contributed by atoms with E-state index in [2.05, 4.69) is 0 Å². The minimum absolute atomic E-state index is 0.830. The highest BCUT2D eigenvalue weighted by atomic mass is 28.3. The number of carbonyl (C=O) groups is 1. The zero-order valence-electron chi connectivity index (χ0n) is 2.72. The van der Waals surface area contributed by atoms with Crippen molar-refractivity contribution in [2.45, 2.75) is 0 Å². The molecule has 1 aliphatic rings. The maximum atomic E-state index is 9.57. The van der Waals surface area contributed by atoms with Gasteiger partial charge in [-0.25, -0.2) is 0 Å². The smallest absolute Gasteiger partial charge is 0.158 e. The van der Waals surface area contributed by atoms with Crippen molar-refractivity contribution in [1.82, 2.24) is 0 Å². The molecule has 2 heteroatoms. The van der Waals surface area contributed by atoms with Crippen molar-refractivity contribution in [2.24, 2.45) is 0 Å². The van der Waals surface area contributed by atoms with Crippen LogP contribution in [0, 0.1) is 0 Å². The average molecular weight is 84.1 g/mol. The van der Waals surface area contributed by atoms with Crippen molar-refractivity contribution in [2.75, 3.05) is 0 Å². The van der Waals surface area contributed by atoms with Crippen LogP contribution in [0.25, 0.3) is 0 Å². The van der Waals surface area contributed by atoms with Crippen LogP contribution >= 0.6 is 0 Å². The molecule has 0 N–H and O–H groups in total. The van der Waals surface area contributed by atoms with E-state index in [1.54, 1.807) is 0 Å². The van der Waals surface area contributed by atoms with Gasteiger partial charge in [0.1, 0.15) is 5.91 Å². The lowest BCUT2D eigenvalue weighted by atomic mass is 11.3. The van der Waals surface area contributed by atoms with E-state index < -0.39 is 8.80 Å². The van der Waals surface area contributed by atoms with E-state index in [1.807, 2.05) is 11.4 Å². The van der Waals surface area contributed by atoms with E-state index in [0.29, 0.717) is 0 Å². The van der Waals surface area contributed by atoms with Crippen molar-refractivity contribution in [3.8, 4) is 0 Å².